The van der Waals surface area contributed by atoms with Gasteiger partial charge in [-0.15, -0.1) is 0 Å². The molecular weight excluding hydrogens is 751 g/mol. The van der Waals surface area contributed by atoms with Gasteiger partial charge in [-0.2, -0.15) is 20.1 Å². The molecule has 0 radical (unpaired) electrons. The minimum absolute atomic E-state index is 0.166. The van der Waals surface area contributed by atoms with Crippen molar-refractivity contribution in [1.82, 2.24) is 15.0 Å². The number of phenols is 1. The van der Waals surface area contributed by atoms with Crippen LogP contribution in [0.4, 0.5) is 23.5 Å². The first-order valence-corrected chi connectivity index (χ1v) is 13.4. The van der Waals surface area contributed by atoms with E-state index in [0.29, 0.717) is 48.8 Å². The van der Waals surface area contributed by atoms with E-state index in [1.54, 1.807) is 0 Å². The summed E-state index contributed by atoms with van der Waals surface area (Å²) in [5.41, 5.74) is 5.12. The number of phenolic OH excluding ortho intramolecular Hbond substituents is 1. The van der Waals surface area contributed by atoms with Gasteiger partial charge in [0.05, 0.1) is 28.7 Å². The number of aromatic nitrogens is 3. The molecule has 1 aromatic heterocycles. The Morgan fingerprint density at radius 2 is 1.88 bits per heavy atom. The summed E-state index contributed by atoms with van der Waals surface area (Å²) in [6.45, 7) is 4.46. The van der Waals surface area contributed by atoms with E-state index in [0.717, 1.165) is 22.9 Å². The van der Waals surface area contributed by atoms with Crippen LogP contribution in [0.15, 0.2) is 33.8 Å². The van der Waals surface area contributed by atoms with Crippen LogP contribution in [0, 0.1) is 14.1 Å². The van der Waals surface area contributed by atoms with Crippen molar-refractivity contribution in [2.24, 2.45) is 5.10 Å². The lowest BCUT2D eigenvalue weighted by Gasteiger charge is -2.27. The first kappa shape index (κ1) is 25.6. The monoisotopic (exact) mass is 769 g/mol. The van der Waals surface area contributed by atoms with Gasteiger partial charge in [0.25, 0.3) is 0 Å². The summed E-state index contributed by atoms with van der Waals surface area (Å²) in [5, 5.41) is 18.4. The quantitative estimate of drug-likeness (QED) is 0.171. The van der Waals surface area contributed by atoms with Gasteiger partial charge in [0.1, 0.15) is 5.75 Å². The molecule has 1 fully saturated rings. The van der Waals surface area contributed by atoms with E-state index >= 15 is 0 Å². The number of aryl methyl sites for hydroxylation is 1. The molecule has 13 heteroatoms. The van der Waals surface area contributed by atoms with E-state index in [2.05, 4.69) is 91.9 Å². The van der Waals surface area contributed by atoms with Crippen molar-refractivity contribution in [3.63, 3.8) is 0 Å². The van der Waals surface area contributed by atoms with Crippen molar-refractivity contribution in [2.75, 3.05) is 41.9 Å². The molecule has 2 aromatic carbocycles. The summed E-state index contributed by atoms with van der Waals surface area (Å²) in [4.78, 5) is 15.6. The van der Waals surface area contributed by atoms with Gasteiger partial charge in [-0.3, -0.25) is 0 Å². The van der Waals surface area contributed by atoms with Crippen LogP contribution in [0.5, 0.6) is 5.75 Å². The fourth-order valence-electron chi connectivity index (χ4n) is 3.08. The number of nitrogens with zero attached hydrogens (tertiary/aromatic N) is 5. The highest BCUT2D eigenvalue weighted by Crippen LogP contribution is 2.31. The van der Waals surface area contributed by atoms with Crippen LogP contribution in [0.25, 0.3) is 0 Å². The molecule has 0 saturated carbocycles. The Bertz CT molecular complexity index is 1240. The van der Waals surface area contributed by atoms with Crippen LogP contribution in [-0.4, -0.2) is 52.6 Å². The maximum absolute atomic E-state index is 10.3. The summed E-state index contributed by atoms with van der Waals surface area (Å²) < 4.78 is 8.02. The lowest BCUT2D eigenvalue weighted by atomic mass is 10.2. The van der Waals surface area contributed by atoms with E-state index in [9.17, 15) is 5.11 Å². The van der Waals surface area contributed by atoms with Crippen molar-refractivity contribution in [3.05, 3.63) is 52.0 Å². The minimum atomic E-state index is 0.166. The molecule has 1 saturated heterocycles. The average Bonchev–Trinajstić information content (AvgIpc) is 2.81. The van der Waals surface area contributed by atoms with Crippen molar-refractivity contribution in [1.29, 1.82) is 0 Å². The first-order valence-electron chi connectivity index (χ1n) is 10.1. The molecule has 0 aliphatic carbocycles. The van der Waals surface area contributed by atoms with Crippen LogP contribution in [-0.2, 0) is 4.74 Å². The van der Waals surface area contributed by atoms with Crippen LogP contribution in [0.3, 0.4) is 0 Å². The lowest BCUT2D eigenvalue weighted by molar-refractivity contribution is 0.122. The molecule has 4 rings (SSSR count). The molecule has 178 valence electrons. The van der Waals surface area contributed by atoms with Crippen molar-refractivity contribution < 1.29 is 9.84 Å². The number of hydrazone groups is 1. The average molecular weight is 771 g/mol. The highest BCUT2D eigenvalue weighted by atomic mass is 127. The van der Waals surface area contributed by atoms with E-state index in [1.165, 1.54) is 6.21 Å². The number of morpholine rings is 1. The van der Waals surface area contributed by atoms with Gasteiger partial charge in [0.15, 0.2) is 0 Å². The van der Waals surface area contributed by atoms with Gasteiger partial charge in [0, 0.05) is 31.7 Å². The molecule has 2 heterocycles. The molecule has 9 nitrogen and oxygen atoms in total. The third kappa shape index (κ3) is 6.38. The molecule has 0 unspecified atom stereocenters. The highest BCUT2D eigenvalue weighted by molar-refractivity contribution is 14.1. The summed E-state index contributed by atoms with van der Waals surface area (Å²) in [6, 6.07) is 7.45. The van der Waals surface area contributed by atoms with Crippen molar-refractivity contribution in [3.8, 4) is 5.75 Å². The third-order valence-corrected chi connectivity index (χ3v) is 7.35. The molecule has 1 aliphatic heterocycles. The maximum atomic E-state index is 10.3. The van der Waals surface area contributed by atoms with Crippen LogP contribution in [0.1, 0.15) is 11.1 Å². The van der Waals surface area contributed by atoms with Crippen molar-refractivity contribution >= 4 is 102 Å². The second-order valence-corrected chi connectivity index (χ2v) is 11.0. The summed E-state index contributed by atoms with van der Waals surface area (Å²) in [6.07, 6.45) is 1.53. The predicted molar refractivity (Wildman–Crippen MR) is 155 cm³/mol. The van der Waals surface area contributed by atoms with E-state index < -0.39 is 0 Å². The fraction of sp³-hybridized carbons (Fsp3) is 0.238. The fourth-order valence-corrected chi connectivity index (χ4v) is 5.69. The minimum Gasteiger partial charge on any atom is -0.506 e. The maximum Gasteiger partial charge on any atom is 0.250 e. The molecule has 34 heavy (non-hydrogen) atoms. The lowest BCUT2D eigenvalue weighted by Crippen LogP contribution is -2.37. The Morgan fingerprint density at radius 1 is 1.15 bits per heavy atom. The topological polar surface area (TPSA) is 108 Å². The normalized spacial score (nSPS) is 14.0. The number of rotatable bonds is 6. The highest BCUT2D eigenvalue weighted by Gasteiger charge is 2.17. The standard InChI is InChI=1S/C21H19BrClI2N7O2/c1-11-6-14(22)17(9-15(11)23)27-19-28-20(30-21(29-19)32-2-4-34-5-3-32)31-26-10-12-7-13(24)8-16(25)18(12)33/h6-10,33H,2-5H2,1H3,(H2,27,28,29,30,31)/b26-10-. The molecule has 0 spiro atoms. The van der Waals surface area contributed by atoms with E-state index in [4.69, 9.17) is 16.3 Å². The molecule has 1 aliphatic rings. The molecule has 3 aromatic rings. The Labute approximate surface area is 237 Å². The Hall–Kier alpha value is -1.49. The number of hydrogen-bond acceptors (Lipinski definition) is 9. The van der Waals surface area contributed by atoms with E-state index in [1.807, 2.05) is 36.1 Å². The number of halogens is 4. The Balaban J connectivity index is 1.63. The molecule has 0 amide bonds. The largest absolute Gasteiger partial charge is 0.506 e. The number of aromatic hydroxyl groups is 1. The van der Waals surface area contributed by atoms with Gasteiger partial charge in [-0.1, -0.05) is 11.6 Å². The van der Waals surface area contributed by atoms with Crippen molar-refractivity contribution in [2.45, 2.75) is 6.92 Å². The Kier molecular flexibility index (Phi) is 8.66. The predicted octanol–water partition coefficient (Wildman–Crippen LogP) is 5.54. The second-order valence-electron chi connectivity index (χ2n) is 7.28. The zero-order valence-electron chi connectivity index (χ0n) is 17.8. The molecular formula is C21H19BrClI2N7O2. The van der Waals surface area contributed by atoms with Gasteiger partial charge in [-0.25, -0.2) is 5.43 Å². The van der Waals surface area contributed by atoms with Gasteiger partial charge in [-0.05, 0) is 97.9 Å². The summed E-state index contributed by atoms with van der Waals surface area (Å²) in [7, 11) is 0. The second kappa shape index (κ2) is 11.5. The SMILES string of the molecule is Cc1cc(Br)c(Nc2nc(N/N=C\c3cc(I)cc(I)c3O)nc(N3CCOCC3)n2)cc1Cl. The van der Waals surface area contributed by atoms with Crippen LogP contribution >= 0.6 is 72.7 Å². The molecule has 0 bridgehead atoms. The number of hydrogen-bond donors (Lipinski definition) is 3. The van der Waals surface area contributed by atoms with Gasteiger partial charge in [0.2, 0.25) is 17.8 Å². The van der Waals surface area contributed by atoms with E-state index in [-0.39, 0.29) is 11.7 Å². The number of ether oxygens (including phenoxy) is 1. The van der Waals surface area contributed by atoms with Crippen LogP contribution in [0.2, 0.25) is 5.02 Å². The Morgan fingerprint density at radius 3 is 2.65 bits per heavy atom. The zero-order chi connectivity index (χ0) is 24.2. The zero-order valence-corrected chi connectivity index (χ0v) is 24.5. The number of anilines is 4. The molecule has 0 atom stereocenters. The van der Waals surface area contributed by atoms with Gasteiger partial charge >= 0.3 is 0 Å². The summed E-state index contributed by atoms with van der Waals surface area (Å²) >= 11 is 14.1. The summed E-state index contributed by atoms with van der Waals surface area (Å²) in [5.74, 6) is 1.25. The number of nitrogens with one attached hydrogen (secondary N) is 2. The van der Waals surface area contributed by atoms with Crippen LogP contribution < -0.4 is 15.6 Å². The first-order chi connectivity index (χ1) is 16.3. The smallest absolute Gasteiger partial charge is 0.250 e. The molecule has 3 N–H and O–H groups in total. The number of benzene rings is 2. The van der Waals surface area contributed by atoms with Gasteiger partial charge < -0.3 is 20.1 Å². The third-order valence-electron chi connectivity index (χ3n) is 4.84.